The molecule has 0 bridgehead atoms. The minimum Gasteiger partial charge on any atom is -0.489 e. The summed E-state index contributed by atoms with van der Waals surface area (Å²) in [6, 6.07) is 17.2. The van der Waals surface area contributed by atoms with Crippen molar-refractivity contribution >= 4 is 5.91 Å². The normalized spacial score (nSPS) is 19.7. The Morgan fingerprint density at radius 2 is 1.87 bits per heavy atom. The summed E-state index contributed by atoms with van der Waals surface area (Å²) in [5.74, 6) is 1.78. The molecule has 0 spiro atoms. The maximum atomic E-state index is 13.0. The second kappa shape index (κ2) is 11.0. The van der Waals surface area contributed by atoms with Crippen LogP contribution in [-0.2, 0) is 11.2 Å². The fourth-order valence-corrected chi connectivity index (χ4v) is 3.80. The molecule has 0 saturated carbocycles. The molecule has 1 fully saturated rings. The third kappa shape index (κ3) is 6.11. The molecule has 5 nitrogen and oxygen atoms in total. The number of para-hydroxylation sites is 2. The summed E-state index contributed by atoms with van der Waals surface area (Å²) < 4.78 is 12.1. The van der Waals surface area contributed by atoms with Crippen LogP contribution in [0.2, 0.25) is 0 Å². The first kappa shape index (κ1) is 22.9. The van der Waals surface area contributed by atoms with Gasteiger partial charge in [0.25, 0.3) is 0 Å². The Labute approximate surface area is 185 Å². The summed E-state index contributed by atoms with van der Waals surface area (Å²) in [5, 5.41) is 0. The first-order valence-corrected chi connectivity index (χ1v) is 11.1. The average molecular weight is 423 g/mol. The Kier molecular flexibility index (Phi) is 8.13. The number of benzene rings is 2. The monoisotopic (exact) mass is 422 g/mol. The fourth-order valence-electron chi connectivity index (χ4n) is 3.80. The van der Waals surface area contributed by atoms with Crippen LogP contribution in [0.5, 0.6) is 11.5 Å². The lowest BCUT2D eigenvalue weighted by Crippen LogP contribution is -2.48. The van der Waals surface area contributed by atoms with Crippen molar-refractivity contribution in [3.8, 4) is 11.5 Å². The minimum absolute atomic E-state index is 0.0268. The topological polar surface area (TPSA) is 64.8 Å². The van der Waals surface area contributed by atoms with E-state index in [1.165, 1.54) is 5.56 Å². The molecule has 0 unspecified atom stereocenters. The van der Waals surface area contributed by atoms with Crippen LogP contribution < -0.4 is 15.2 Å². The zero-order chi connectivity index (χ0) is 22.2. The molecule has 1 saturated heterocycles. The number of nitrogens with zero attached hydrogens (tertiary/aromatic N) is 1. The Morgan fingerprint density at radius 3 is 2.58 bits per heavy atom. The third-order valence-corrected chi connectivity index (χ3v) is 5.68. The Bertz CT molecular complexity index is 866. The molecule has 1 amide bonds. The minimum atomic E-state index is -0.515. The first-order valence-electron chi connectivity index (χ1n) is 11.1. The van der Waals surface area contributed by atoms with Gasteiger partial charge in [0.2, 0.25) is 5.91 Å². The van der Waals surface area contributed by atoms with Gasteiger partial charge in [0.15, 0.2) is 0 Å². The number of ether oxygens (including phenoxy) is 2. The zero-order valence-electron chi connectivity index (χ0n) is 18.7. The van der Waals surface area contributed by atoms with E-state index in [2.05, 4.69) is 13.0 Å². The summed E-state index contributed by atoms with van der Waals surface area (Å²) in [6.07, 6.45) is 5.63. The van der Waals surface area contributed by atoms with Gasteiger partial charge >= 0.3 is 0 Å². The smallest absolute Gasteiger partial charge is 0.240 e. The second-order valence-electron chi connectivity index (χ2n) is 8.32. The highest BCUT2D eigenvalue weighted by Crippen LogP contribution is 2.25. The molecule has 3 atom stereocenters. The Morgan fingerprint density at radius 1 is 1.16 bits per heavy atom. The van der Waals surface area contributed by atoms with Gasteiger partial charge in [0.1, 0.15) is 24.2 Å². The summed E-state index contributed by atoms with van der Waals surface area (Å²) in [6.45, 7) is 7.05. The van der Waals surface area contributed by atoms with Crippen LogP contribution in [0.15, 0.2) is 66.7 Å². The summed E-state index contributed by atoms with van der Waals surface area (Å²) in [4.78, 5) is 14.9. The first-order chi connectivity index (χ1) is 15.0. The molecule has 2 aromatic carbocycles. The molecule has 2 aromatic rings. The van der Waals surface area contributed by atoms with Gasteiger partial charge < -0.3 is 20.1 Å². The van der Waals surface area contributed by atoms with Crippen molar-refractivity contribution in [1.82, 2.24) is 4.90 Å². The van der Waals surface area contributed by atoms with Crippen molar-refractivity contribution in [2.45, 2.75) is 51.8 Å². The lowest BCUT2D eigenvalue weighted by Gasteiger charge is -2.27. The van der Waals surface area contributed by atoms with Crippen molar-refractivity contribution in [3.63, 3.8) is 0 Å². The fraction of sp³-hybridized carbons (Fsp3) is 0.423. The Balaban J connectivity index is 1.66. The average Bonchev–Trinajstić information content (AvgIpc) is 3.18. The summed E-state index contributed by atoms with van der Waals surface area (Å²) in [7, 11) is 0. The van der Waals surface area contributed by atoms with E-state index >= 15 is 0 Å². The van der Waals surface area contributed by atoms with E-state index in [0.717, 1.165) is 24.3 Å². The van der Waals surface area contributed by atoms with Gasteiger partial charge in [-0.1, -0.05) is 63.2 Å². The van der Waals surface area contributed by atoms with E-state index in [0.29, 0.717) is 13.2 Å². The largest absolute Gasteiger partial charge is 0.489 e. The van der Waals surface area contributed by atoms with Crippen LogP contribution in [0.4, 0.5) is 0 Å². The summed E-state index contributed by atoms with van der Waals surface area (Å²) in [5.41, 5.74) is 7.37. The molecule has 5 heteroatoms. The number of hydrogen-bond donors (Lipinski definition) is 1. The molecule has 1 aliphatic rings. The molecular formula is C26H34N2O3. The predicted octanol–water partition coefficient (Wildman–Crippen LogP) is 4.22. The van der Waals surface area contributed by atoms with Gasteiger partial charge in [-0.05, 0) is 42.2 Å². The molecule has 0 aromatic heterocycles. The van der Waals surface area contributed by atoms with Crippen molar-refractivity contribution in [2.24, 2.45) is 11.7 Å². The van der Waals surface area contributed by atoms with E-state index in [4.69, 9.17) is 15.2 Å². The van der Waals surface area contributed by atoms with Gasteiger partial charge in [0.05, 0.1) is 18.6 Å². The quantitative estimate of drug-likeness (QED) is 0.615. The van der Waals surface area contributed by atoms with Crippen molar-refractivity contribution in [2.75, 3.05) is 13.2 Å². The van der Waals surface area contributed by atoms with Gasteiger partial charge in [-0.25, -0.2) is 0 Å². The molecule has 2 N–H and O–H groups in total. The van der Waals surface area contributed by atoms with Crippen LogP contribution in [0.3, 0.4) is 0 Å². The summed E-state index contributed by atoms with van der Waals surface area (Å²) >= 11 is 0. The van der Waals surface area contributed by atoms with Gasteiger partial charge in [0, 0.05) is 6.42 Å². The van der Waals surface area contributed by atoms with Crippen molar-refractivity contribution < 1.29 is 14.3 Å². The van der Waals surface area contributed by atoms with E-state index in [9.17, 15) is 4.79 Å². The number of aryl methyl sites for hydroxylation is 1. The molecule has 0 radical (unpaired) electrons. The molecule has 3 rings (SSSR count). The Hall–Kier alpha value is -2.79. The molecule has 1 heterocycles. The van der Waals surface area contributed by atoms with Crippen LogP contribution >= 0.6 is 0 Å². The molecule has 166 valence electrons. The molecular weight excluding hydrogens is 388 g/mol. The lowest BCUT2D eigenvalue weighted by molar-refractivity contribution is -0.133. The maximum absolute atomic E-state index is 13.0. The number of amides is 1. The second-order valence-corrected chi connectivity index (χ2v) is 8.32. The highest BCUT2D eigenvalue weighted by molar-refractivity contribution is 5.82. The number of nitrogens with two attached hydrogens (primary N) is 1. The van der Waals surface area contributed by atoms with Crippen LogP contribution in [0.25, 0.3) is 0 Å². The van der Waals surface area contributed by atoms with Gasteiger partial charge in [-0.2, -0.15) is 0 Å². The lowest BCUT2D eigenvalue weighted by atomic mass is 10.0. The molecule has 1 aliphatic heterocycles. The maximum Gasteiger partial charge on any atom is 0.240 e. The van der Waals surface area contributed by atoms with Crippen molar-refractivity contribution in [1.29, 1.82) is 0 Å². The highest BCUT2D eigenvalue weighted by atomic mass is 16.5. The van der Waals surface area contributed by atoms with E-state index in [1.54, 1.807) is 0 Å². The number of hydrogen-bond acceptors (Lipinski definition) is 4. The molecule has 0 aliphatic carbocycles. The van der Waals surface area contributed by atoms with Gasteiger partial charge in [-0.3, -0.25) is 4.79 Å². The van der Waals surface area contributed by atoms with Crippen LogP contribution in [-0.4, -0.2) is 42.1 Å². The predicted molar refractivity (Wildman–Crippen MR) is 124 cm³/mol. The van der Waals surface area contributed by atoms with E-state index < -0.39 is 6.04 Å². The van der Waals surface area contributed by atoms with Crippen LogP contribution in [0, 0.1) is 5.92 Å². The standard InChI is InChI=1S/C26H34N2O3/c1-4-20-11-8-9-15-24(20)30-16-10-12-21-17-23(31-22-13-6-5-7-14-22)18-28(21)26(29)25(27)19(2)3/h5-15,19,21,23,25H,4,16-18,27H2,1-3H3/b12-10+/t21-,23+,25+/m1/s1. The van der Waals surface area contributed by atoms with E-state index in [-0.39, 0.29) is 24.0 Å². The van der Waals surface area contributed by atoms with E-state index in [1.807, 2.05) is 79.4 Å². The SMILES string of the molecule is CCc1ccccc1OC/C=C/[C@@H]1C[C@H](Oc2ccccc2)CN1C(=O)[C@@H](N)C(C)C. The number of carbonyl (C=O) groups is 1. The molecule has 31 heavy (non-hydrogen) atoms. The third-order valence-electron chi connectivity index (χ3n) is 5.68. The highest BCUT2D eigenvalue weighted by Gasteiger charge is 2.37. The van der Waals surface area contributed by atoms with Crippen LogP contribution in [0.1, 0.15) is 32.8 Å². The van der Waals surface area contributed by atoms with Crippen molar-refractivity contribution in [3.05, 3.63) is 72.3 Å². The van der Waals surface area contributed by atoms with Gasteiger partial charge in [-0.15, -0.1) is 0 Å². The number of carbonyl (C=O) groups excluding carboxylic acids is 1. The number of rotatable bonds is 9. The zero-order valence-corrected chi connectivity index (χ0v) is 18.7. The number of likely N-dealkylation sites (tertiary alicyclic amines) is 1.